The monoisotopic (exact) mass is 465 g/mol. The molecule has 0 aliphatic carbocycles. The van der Waals surface area contributed by atoms with E-state index in [4.69, 9.17) is 11.6 Å². The zero-order valence-corrected chi connectivity index (χ0v) is 19.7. The van der Waals surface area contributed by atoms with Gasteiger partial charge in [0.05, 0.1) is 11.9 Å². The van der Waals surface area contributed by atoms with Crippen molar-refractivity contribution in [2.45, 2.75) is 26.3 Å². The molecule has 0 fully saturated rings. The largest absolute Gasteiger partial charge is 0.357 e. The molecular formula is C22H28ClN3O4S. The van der Waals surface area contributed by atoms with Gasteiger partial charge in [-0.25, -0.2) is 8.42 Å². The third-order valence-electron chi connectivity index (χ3n) is 5.08. The zero-order valence-electron chi connectivity index (χ0n) is 18.1. The third-order valence-corrected chi connectivity index (χ3v) is 6.62. The first-order valence-electron chi connectivity index (χ1n) is 9.84. The molecule has 7 nitrogen and oxygen atoms in total. The van der Waals surface area contributed by atoms with Crippen LogP contribution in [0.3, 0.4) is 0 Å². The quantitative estimate of drug-likeness (QED) is 0.616. The topological polar surface area (TPSA) is 86.8 Å². The van der Waals surface area contributed by atoms with Crippen LogP contribution in [-0.2, 0) is 26.0 Å². The first kappa shape index (κ1) is 24.7. The molecule has 1 atom stereocenters. The van der Waals surface area contributed by atoms with Crippen LogP contribution in [0, 0.1) is 6.92 Å². The Morgan fingerprint density at radius 2 is 1.74 bits per heavy atom. The molecule has 1 N–H and O–H groups in total. The van der Waals surface area contributed by atoms with Crippen LogP contribution in [0.15, 0.2) is 48.5 Å². The summed E-state index contributed by atoms with van der Waals surface area (Å²) >= 11 is 6.17. The fourth-order valence-electron chi connectivity index (χ4n) is 3.24. The molecule has 1 unspecified atom stereocenters. The second kappa shape index (κ2) is 10.6. The lowest BCUT2D eigenvalue weighted by molar-refractivity contribution is -0.138. The normalized spacial score (nSPS) is 12.2. The van der Waals surface area contributed by atoms with E-state index < -0.39 is 28.5 Å². The smallest absolute Gasteiger partial charge is 0.244 e. The molecule has 2 aromatic carbocycles. The lowest BCUT2D eigenvalue weighted by atomic mass is 10.1. The predicted octanol–water partition coefficient (Wildman–Crippen LogP) is 2.62. The van der Waals surface area contributed by atoms with Crippen LogP contribution in [0.1, 0.15) is 18.1 Å². The van der Waals surface area contributed by atoms with Gasteiger partial charge >= 0.3 is 0 Å². The number of rotatable bonds is 9. The van der Waals surface area contributed by atoms with Gasteiger partial charge in [-0.1, -0.05) is 48.0 Å². The maximum absolute atomic E-state index is 13.3. The minimum atomic E-state index is -3.78. The van der Waals surface area contributed by atoms with E-state index in [0.29, 0.717) is 22.7 Å². The molecule has 0 aliphatic heterocycles. The molecule has 0 saturated heterocycles. The van der Waals surface area contributed by atoms with Crippen LogP contribution in [0.5, 0.6) is 0 Å². The SMILES string of the molecule is CNC(=O)C(C)N(CCc1ccccc1)C(=O)CN(c1cccc(Cl)c1C)S(C)(=O)=O. The van der Waals surface area contributed by atoms with Crippen LogP contribution in [0.25, 0.3) is 0 Å². The van der Waals surface area contributed by atoms with Gasteiger partial charge in [-0.15, -0.1) is 0 Å². The maximum atomic E-state index is 13.3. The molecule has 9 heteroatoms. The van der Waals surface area contributed by atoms with Gasteiger partial charge in [-0.05, 0) is 43.5 Å². The summed E-state index contributed by atoms with van der Waals surface area (Å²) in [6.45, 7) is 3.15. The standard InChI is InChI=1S/C22H28ClN3O4S/c1-16-19(23)11-8-12-20(16)26(31(4,29)30)15-21(27)25(17(2)22(28)24-3)14-13-18-9-6-5-7-10-18/h5-12,17H,13-15H2,1-4H3,(H,24,28). The maximum Gasteiger partial charge on any atom is 0.244 e. The van der Waals surface area contributed by atoms with Crippen molar-refractivity contribution in [2.24, 2.45) is 0 Å². The van der Waals surface area contributed by atoms with Gasteiger partial charge in [0.2, 0.25) is 21.8 Å². The van der Waals surface area contributed by atoms with Crippen molar-refractivity contribution in [1.29, 1.82) is 0 Å². The van der Waals surface area contributed by atoms with Crippen molar-refractivity contribution < 1.29 is 18.0 Å². The number of hydrogen-bond acceptors (Lipinski definition) is 4. The molecule has 0 heterocycles. The Hall–Kier alpha value is -2.58. The third kappa shape index (κ3) is 6.45. The number of carbonyl (C=O) groups excluding carboxylic acids is 2. The highest BCUT2D eigenvalue weighted by molar-refractivity contribution is 7.92. The lowest BCUT2D eigenvalue weighted by Crippen LogP contribution is -2.51. The van der Waals surface area contributed by atoms with Crippen molar-refractivity contribution in [3.8, 4) is 0 Å². The number of hydrogen-bond donors (Lipinski definition) is 1. The number of nitrogens with one attached hydrogen (secondary N) is 1. The number of sulfonamides is 1. The van der Waals surface area contributed by atoms with Crippen molar-refractivity contribution in [3.05, 3.63) is 64.7 Å². The number of likely N-dealkylation sites (N-methyl/N-ethyl adjacent to an activating group) is 1. The van der Waals surface area contributed by atoms with Crippen molar-refractivity contribution in [3.63, 3.8) is 0 Å². The molecular weight excluding hydrogens is 438 g/mol. The minimum Gasteiger partial charge on any atom is -0.357 e. The van der Waals surface area contributed by atoms with Crippen molar-refractivity contribution >= 4 is 39.1 Å². The summed E-state index contributed by atoms with van der Waals surface area (Å²) < 4.78 is 26.1. The van der Waals surface area contributed by atoms with E-state index in [0.717, 1.165) is 16.1 Å². The van der Waals surface area contributed by atoms with E-state index in [2.05, 4.69) is 5.32 Å². The van der Waals surface area contributed by atoms with Crippen LogP contribution in [0.4, 0.5) is 5.69 Å². The number of amides is 2. The number of benzene rings is 2. The van der Waals surface area contributed by atoms with Gasteiger partial charge in [0.15, 0.2) is 0 Å². The highest BCUT2D eigenvalue weighted by atomic mass is 35.5. The van der Waals surface area contributed by atoms with Gasteiger partial charge in [0.1, 0.15) is 12.6 Å². The molecule has 0 aliphatic rings. The van der Waals surface area contributed by atoms with Crippen molar-refractivity contribution in [1.82, 2.24) is 10.2 Å². The first-order chi connectivity index (χ1) is 14.6. The molecule has 2 amide bonds. The summed E-state index contributed by atoms with van der Waals surface area (Å²) in [6.07, 6.45) is 1.57. The van der Waals surface area contributed by atoms with E-state index in [-0.39, 0.29) is 12.5 Å². The number of carbonyl (C=O) groups is 2. The fraction of sp³-hybridized carbons (Fsp3) is 0.364. The second-order valence-electron chi connectivity index (χ2n) is 7.27. The van der Waals surface area contributed by atoms with E-state index in [1.807, 2.05) is 30.3 Å². The Morgan fingerprint density at radius 1 is 1.10 bits per heavy atom. The molecule has 0 saturated carbocycles. The lowest BCUT2D eigenvalue weighted by Gasteiger charge is -2.31. The molecule has 0 aromatic heterocycles. The Morgan fingerprint density at radius 3 is 2.32 bits per heavy atom. The van der Waals surface area contributed by atoms with Gasteiger partial charge in [-0.2, -0.15) is 0 Å². The molecule has 168 valence electrons. The summed E-state index contributed by atoms with van der Waals surface area (Å²) in [4.78, 5) is 26.9. The van der Waals surface area contributed by atoms with Gasteiger partial charge in [-0.3, -0.25) is 13.9 Å². The van der Waals surface area contributed by atoms with Gasteiger partial charge in [0.25, 0.3) is 0 Å². The second-order valence-corrected chi connectivity index (χ2v) is 9.58. The Balaban J connectivity index is 2.34. The molecule has 2 aromatic rings. The van der Waals surface area contributed by atoms with Crippen LogP contribution < -0.4 is 9.62 Å². The molecule has 2 rings (SSSR count). The summed E-state index contributed by atoms with van der Waals surface area (Å²) in [6, 6.07) is 13.7. The first-order valence-corrected chi connectivity index (χ1v) is 12.1. The van der Waals surface area contributed by atoms with Crippen LogP contribution in [-0.4, -0.2) is 57.6 Å². The molecule has 31 heavy (non-hydrogen) atoms. The highest BCUT2D eigenvalue weighted by Gasteiger charge is 2.30. The molecule has 0 bridgehead atoms. The van der Waals surface area contributed by atoms with E-state index in [1.165, 1.54) is 11.9 Å². The summed E-state index contributed by atoms with van der Waals surface area (Å²) in [7, 11) is -2.28. The summed E-state index contributed by atoms with van der Waals surface area (Å²) in [5.41, 5.74) is 1.89. The van der Waals surface area contributed by atoms with Crippen LogP contribution in [0.2, 0.25) is 5.02 Å². The number of halogens is 1. The van der Waals surface area contributed by atoms with E-state index in [1.54, 1.807) is 32.0 Å². The van der Waals surface area contributed by atoms with E-state index >= 15 is 0 Å². The fourth-order valence-corrected chi connectivity index (χ4v) is 4.31. The predicted molar refractivity (Wildman–Crippen MR) is 124 cm³/mol. The number of anilines is 1. The summed E-state index contributed by atoms with van der Waals surface area (Å²) in [5.74, 6) is -0.803. The highest BCUT2D eigenvalue weighted by Crippen LogP contribution is 2.28. The zero-order chi connectivity index (χ0) is 23.2. The number of nitrogens with zero attached hydrogens (tertiary/aromatic N) is 2. The van der Waals surface area contributed by atoms with E-state index in [9.17, 15) is 18.0 Å². The molecule has 0 radical (unpaired) electrons. The Labute approximate surface area is 189 Å². The Bertz CT molecular complexity index is 1030. The van der Waals surface area contributed by atoms with Gasteiger partial charge in [0, 0.05) is 18.6 Å². The molecule has 0 spiro atoms. The Kier molecular flexibility index (Phi) is 8.47. The average molecular weight is 466 g/mol. The van der Waals surface area contributed by atoms with Crippen molar-refractivity contribution in [2.75, 3.05) is 30.7 Å². The minimum absolute atomic E-state index is 0.267. The van der Waals surface area contributed by atoms with Gasteiger partial charge < -0.3 is 10.2 Å². The summed E-state index contributed by atoms with van der Waals surface area (Å²) in [5, 5.41) is 2.95. The van der Waals surface area contributed by atoms with Crippen LogP contribution >= 0.6 is 11.6 Å². The average Bonchev–Trinajstić information content (AvgIpc) is 2.73.